The number of anilines is 1. The van der Waals surface area contributed by atoms with Crippen molar-refractivity contribution in [3.05, 3.63) is 70.4 Å². The van der Waals surface area contributed by atoms with Crippen LogP contribution in [0.3, 0.4) is 0 Å². The Kier molecular flexibility index (Phi) is 4.33. The maximum Gasteiger partial charge on any atom is 0.187 e. The number of nitrogens with two attached hydrogens (primary N) is 1. The SMILES string of the molecule is Nc1c(-c2nc(-c3ccc(Br)cc3)cs2)nnc2c(-c3ccc(F)cc3)cnn12. The van der Waals surface area contributed by atoms with Crippen LogP contribution in [0.4, 0.5) is 10.2 Å². The van der Waals surface area contributed by atoms with E-state index in [9.17, 15) is 4.39 Å². The Balaban J connectivity index is 1.56. The molecule has 0 fully saturated rings. The number of fused-ring (bicyclic) bond motifs is 1. The lowest BCUT2D eigenvalue weighted by molar-refractivity contribution is 0.628. The van der Waals surface area contributed by atoms with E-state index in [1.165, 1.54) is 28.0 Å². The van der Waals surface area contributed by atoms with Crippen molar-refractivity contribution in [2.45, 2.75) is 0 Å². The highest BCUT2D eigenvalue weighted by atomic mass is 79.9. The van der Waals surface area contributed by atoms with Gasteiger partial charge in [0.15, 0.2) is 17.2 Å². The van der Waals surface area contributed by atoms with Crippen LogP contribution >= 0.6 is 27.3 Å². The number of halogens is 2. The zero-order valence-electron chi connectivity index (χ0n) is 14.8. The summed E-state index contributed by atoms with van der Waals surface area (Å²) in [7, 11) is 0. The summed E-state index contributed by atoms with van der Waals surface area (Å²) in [5.74, 6) is 0.0449. The zero-order chi connectivity index (χ0) is 20.0. The fraction of sp³-hybridized carbons (Fsp3) is 0. The first-order chi connectivity index (χ1) is 14.1. The molecule has 0 aliphatic heterocycles. The average Bonchev–Trinajstić information content (AvgIpc) is 3.37. The van der Waals surface area contributed by atoms with Crippen molar-refractivity contribution >= 4 is 38.7 Å². The monoisotopic (exact) mass is 466 g/mol. The Morgan fingerprint density at radius 2 is 1.69 bits per heavy atom. The second-order valence-corrected chi connectivity index (χ2v) is 8.05. The van der Waals surface area contributed by atoms with E-state index in [0.717, 1.165) is 26.9 Å². The number of nitrogens with zero attached hydrogens (tertiary/aromatic N) is 5. The van der Waals surface area contributed by atoms with E-state index in [1.807, 2.05) is 29.6 Å². The fourth-order valence-corrected chi connectivity index (χ4v) is 4.07. The Labute approximate surface area is 177 Å². The molecule has 29 heavy (non-hydrogen) atoms. The minimum Gasteiger partial charge on any atom is -0.382 e. The van der Waals surface area contributed by atoms with Crippen molar-refractivity contribution in [2.75, 3.05) is 5.73 Å². The average molecular weight is 467 g/mol. The molecule has 3 heterocycles. The molecule has 0 amide bonds. The molecule has 0 saturated heterocycles. The lowest BCUT2D eigenvalue weighted by Gasteiger charge is -2.04. The van der Waals surface area contributed by atoms with Crippen LogP contribution in [0.25, 0.3) is 38.7 Å². The molecule has 0 bridgehead atoms. The molecular formula is C20H12BrFN6S. The third-order valence-corrected chi connectivity index (χ3v) is 5.84. The predicted molar refractivity (Wildman–Crippen MR) is 115 cm³/mol. The third-order valence-electron chi connectivity index (χ3n) is 4.46. The summed E-state index contributed by atoms with van der Waals surface area (Å²) < 4.78 is 15.8. The number of aromatic nitrogens is 5. The van der Waals surface area contributed by atoms with E-state index < -0.39 is 0 Å². The summed E-state index contributed by atoms with van der Waals surface area (Å²) in [6.45, 7) is 0. The summed E-state index contributed by atoms with van der Waals surface area (Å²) in [4.78, 5) is 4.66. The van der Waals surface area contributed by atoms with Gasteiger partial charge in [-0.1, -0.05) is 40.2 Å². The highest BCUT2D eigenvalue weighted by Gasteiger charge is 2.18. The summed E-state index contributed by atoms with van der Waals surface area (Å²) in [6, 6.07) is 14.0. The number of thiazole rings is 1. The number of nitrogen functional groups attached to an aromatic ring is 1. The van der Waals surface area contributed by atoms with Crippen LogP contribution in [0.2, 0.25) is 0 Å². The summed E-state index contributed by atoms with van der Waals surface area (Å²) in [5, 5.41) is 15.6. The Morgan fingerprint density at radius 1 is 0.966 bits per heavy atom. The number of hydrogen-bond acceptors (Lipinski definition) is 6. The summed E-state index contributed by atoms with van der Waals surface area (Å²) >= 11 is 4.87. The third kappa shape index (κ3) is 3.18. The van der Waals surface area contributed by atoms with Crippen LogP contribution in [0.5, 0.6) is 0 Å². The Bertz CT molecular complexity index is 1330. The lowest BCUT2D eigenvalue weighted by atomic mass is 10.1. The van der Waals surface area contributed by atoms with Crippen LogP contribution in [-0.4, -0.2) is 24.8 Å². The number of rotatable bonds is 3. The molecule has 5 rings (SSSR count). The standard InChI is InChI=1S/C20H12BrFN6S/c21-13-5-1-12(2-6-13)16-10-29-20(25-16)17-18(23)28-19(27-26-17)15(9-24-28)11-3-7-14(22)8-4-11/h1-10H,23H2. The highest BCUT2D eigenvalue weighted by Crippen LogP contribution is 2.32. The van der Waals surface area contributed by atoms with Gasteiger partial charge in [-0.3, -0.25) is 0 Å². The van der Waals surface area contributed by atoms with Crippen molar-refractivity contribution in [1.82, 2.24) is 24.8 Å². The molecule has 0 aliphatic carbocycles. The van der Waals surface area contributed by atoms with Crippen LogP contribution in [0, 0.1) is 5.82 Å². The van der Waals surface area contributed by atoms with E-state index in [-0.39, 0.29) is 5.82 Å². The van der Waals surface area contributed by atoms with Gasteiger partial charge < -0.3 is 5.73 Å². The van der Waals surface area contributed by atoms with E-state index >= 15 is 0 Å². The molecule has 9 heteroatoms. The van der Waals surface area contributed by atoms with Gasteiger partial charge in [0.25, 0.3) is 0 Å². The molecule has 2 aromatic carbocycles. The van der Waals surface area contributed by atoms with Crippen LogP contribution in [0.1, 0.15) is 0 Å². The van der Waals surface area contributed by atoms with Crippen LogP contribution < -0.4 is 5.73 Å². The molecule has 6 nitrogen and oxygen atoms in total. The molecule has 0 atom stereocenters. The molecule has 0 spiro atoms. The first-order valence-electron chi connectivity index (χ1n) is 8.58. The van der Waals surface area contributed by atoms with Gasteiger partial charge in [0, 0.05) is 21.0 Å². The van der Waals surface area contributed by atoms with Crippen molar-refractivity contribution in [3.8, 4) is 33.1 Å². The van der Waals surface area contributed by atoms with Gasteiger partial charge in [-0.05, 0) is 29.8 Å². The zero-order valence-corrected chi connectivity index (χ0v) is 17.2. The first kappa shape index (κ1) is 17.9. The van der Waals surface area contributed by atoms with Crippen LogP contribution in [0.15, 0.2) is 64.6 Å². The molecule has 0 unspecified atom stereocenters. The van der Waals surface area contributed by atoms with Crippen molar-refractivity contribution in [3.63, 3.8) is 0 Å². The van der Waals surface area contributed by atoms with E-state index in [4.69, 9.17) is 5.73 Å². The summed E-state index contributed by atoms with van der Waals surface area (Å²) in [6.07, 6.45) is 1.65. The molecule has 0 aliphatic rings. The van der Waals surface area contributed by atoms with Crippen molar-refractivity contribution < 1.29 is 4.39 Å². The molecular weight excluding hydrogens is 455 g/mol. The maximum atomic E-state index is 13.2. The Morgan fingerprint density at radius 3 is 2.45 bits per heavy atom. The first-order valence-corrected chi connectivity index (χ1v) is 10.2. The molecule has 0 radical (unpaired) electrons. The van der Waals surface area contributed by atoms with Crippen molar-refractivity contribution in [1.29, 1.82) is 0 Å². The minimum atomic E-state index is -0.302. The van der Waals surface area contributed by atoms with Gasteiger partial charge in [-0.25, -0.2) is 9.37 Å². The number of hydrogen-bond donors (Lipinski definition) is 1. The molecule has 5 aromatic rings. The smallest absolute Gasteiger partial charge is 0.187 e. The quantitative estimate of drug-likeness (QED) is 0.401. The highest BCUT2D eigenvalue weighted by molar-refractivity contribution is 9.10. The van der Waals surface area contributed by atoms with Gasteiger partial charge in [0.2, 0.25) is 0 Å². The molecule has 0 saturated carbocycles. The largest absolute Gasteiger partial charge is 0.382 e. The number of benzene rings is 2. The molecule has 142 valence electrons. The van der Waals surface area contributed by atoms with E-state index in [1.54, 1.807) is 18.3 Å². The van der Waals surface area contributed by atoms with Gasteiger partial charge in [0.05, 0.1) is 11.9 Å². The molecule has 3 aromatic heterocycles. The van der Waals surface area contributed by atoms with Crippen molar-refractivity contribution in [2.24, 2.45) is 0 Å². The second-order valence-electron chi connectivity index (χ2n) is 6.28. The van der Waals surface area contributed by atoms with Gasteiger partial charge in [-0.2, -0.15) is 9.61 Å². The predicted octanol–water partition coefficient (Wildman–Crippen LogP) is 5.07. The lowest BCUT2D eigenvalue weighted by Crippen LogP contribution is -2.05. The topological polar surface area (TPSA) is 82.0 Å². The van der Waals surface area contributed by atoms with Crippen LogP contribution in [-0.2, 0) is 0 Å². The molecule has 2 N–H and O–H groups in total. The van der Waals surface area contributed by atoms with E-state index in [2.05, 4.69) is 36.2 Å². The van der Waals surface area contributed by atoms with E-state index in [0.29, 0.717) is 22.2 Å². The normalized spacial score (nSPS) is 11.2. The van der Waals surface area contributed by atoms with Gasteiger partial charge in [-0.15, -0.1) is 21.5 Å². The Hall–Kier alpha value is -3.17. The fourth-order valence-electron chi connectivity index (χ4n) is 2.98. The maximum absolute atomic E-state index is 13.2. The minimum absolute atomic E-state index is 0.302. The van der Waals surface area contributed by atoms with Gasteiger partial charge >= 0.3 is 0 Å². The second kappa shape index (κ2) is 7.02. The summed E-state index contributed by atoms with van der Waals surface area (Å²) in [5.41, 5.74) is 10.7. The van der Waals surface area contributed by atoms with Gasteiger partial charge in [0.1, 0.15) is 10.8 Å².